The number of allylic oxidation sites excluding steroid dienone is 4. The minimum atomic E-state index is -0.447. The predicted octanol–water partition coefficient (Wildman–Crippen LogP) is 22.2. The lowest BCUT2D eigenvalue weighted by molar-refractivity contribution is 0.764. The molecule has 0 spiro atoms. The molecule has 0 amide bonds. The summed E-state index contributed by atoms with van der Waals surface area (Å²) in [6.45, 7) is 0. The van der Waals surface area contributed by atoms with E-state index in [1.807, 2.05) is 0 Å². The quantitative estimate of drug-likeness (QED) is 0.129. The molecule has 0 bridgehead atoms. The molecule has 0 saturated carbocycles. The molecular formula is C85H58N2. The Balaban J connectivity index is 0.634. The Morgan fingerprint density at radius 1 is 0.264 bits per heavy atom. The maximum atomic E-state index is 2.45. The van der Waals surface area contributed by atoms with E-state index in [0.29, 0.717) is 0 Å². The summed E-state index contributed by atoms with van der Waals surface area (Å²) in [5, 5.41) is 4.98. The molecular weight excluding hydrogens is 1050 g/mol. The molecule has 2 aliphatic carbocycles. The van der Waals surface area contributed by atoms with E-state index < -0.39 is 5.41 Å². The molecule has 0 unspecified atom stereocenters. The van der Waals surface area contributed by atoms with Crippen LogP contribution in [0.2, 0.25) is 0 Å². The predicted molar refractivity (Wildman–Crippen MR) is 366 cm³/mol. The van der Waals surface area contributed by atoms with Crippen LogP contribution in [0.5, 0.6) is 0 Å². The van der Waals surface area contributed by atoms with Crippen LogP contribution in [0.4, 0.5) is 0 Å². The van der Waals surface area contributed by atoms with E-state index in [4.69, 9.17) is 0 Å². The topological polar surface area (TPSA) is 9.86 Å². The van der Waals surface area contributed by atoms with Crippen LogP contribution in [0.25, 0.3) is 122 Å². The van der Waals surface area contributed by atoms with Gasteiger partial charge in [0, 0.05) is 32.9 Å². The number of hydrogen-bond acceptors (Lipinski definition) is 0. The zero-order chi connectivity index (χ0) is 57.4. The van der Waals surface area contributed by atoms with E-state index in [-0.39, 0.29) is 0 Å². The number of benzene rings is 13. The average molecular weight is 1110 g/mol. The van der Waals surface area contributed by atoms with Crippen molar-refractivity contribution in [3.05, 3.63) is 361 Å². The number of nitrogens with zero attached hydrogens (tertiary/aromatic N) is 2. The van der Waals surface area contributed by atoms with Crippen molar-refractivity contribution < 1.29 is 0 Å². The van der Waals surface area contributed by atoms with E-state index in [1.54, 1.807) is 0 Å². The van der Waals surface area contributed by atoms with Gasteiger partial charge in [-0.15, -0.1) is 0 Å². The molecule has 408 valence electrons. The number of para-hydroxylation sites is 2. The third-order valence-electron chi connectivity index (χ3n) is 18.8. The van der Waals surface area contributed by atoms with Crippen LogP contribution in [-0.4, -0.2) is 9.13 Å². The Morgan fingerprint density at radius 2 is 0.621 bits per heavy atom. The summed E-state index contributed by atoms with van der Waals surface area (Å²) in [4.78, 5) is 0. The normalized spacial score (nSPS) is 13.4. The van der Waals surface area contributed by atoms with Crippen LogP contribution in [0.1, 0.15) is 46.2 Å². The smallest absolute Gasteiger partial charge is 0.0719 e. The molecule has 2 aliphatic rings. The lowest BCUT2D eigenvalue weighted by Gasteiger charge is -2.36. The van der Waals surface area contributed by atoms with Crippen molar-refractivity contribution in [1.29, 1.82) is 0 Å². The summed E-state index contributed by atoms with van der Waals surface area (Å²) in [6, 6.07) is 117. The summed E-state index contributed by atoms with van der Waals surface area (Å²) in [5.74, 6) is 0. The molecule has 17 rings (SSSR count). The fraction of sp³-hybridized carbons (Fsp3) is 0.0353. The summed E-state index contributed by atoms with van der Waals surface area (Å²) >= 11 is 0. The molecule has 2 heterocycles. The Hall–Kier alpha value is -11.1. The average Bonchev–Trinajstić information content (AvgIpc) is 1.64. The highest BCUT2D eigenvalue weighted by Gasteiger charge is 2.47. The Kier molecular flexibility index (Phi) is 12.0. The van der Waals surface area contributed by atoms with E-state index >= 15 is 0 Å². The molecule has 2 nitrogen and oxygen atoms in total. The fourth-order valence-electron chi connectivity index (χ4n) is 14.7. The Bertz CT molecular complexity index is 5160. The third-order valence-corrected chi connectivity index (χ3v) is 18.8. The second kappa shape index (κ2) is 20.6. The first kappa shape index (κ1) is 50.5. The lowest BCUT2D eigenvalue weighted by Crippen LogP contribution is -2.30. The van der Waals surface area contributed by atoms with Crippen molar-refractivity contribution in [2.24, 2.45) is 0 Å². The van der Waals surface area contributed by atoms with Crippen LogP contribution in [-0.2, 0) is 5.41 Å². The van der Waals surface area contributed by atoms with Gasteiger partial charge in [0.1, 0.15) is 0 Å². The van der Waals surface area contributed by atoms with Gasteiger partial charge in [-0.05, 0) is 174 Å². The molecule has 0 radical (unpaired) electrons. The first-order valence-electron chi connectivity index (χ1n) is 30.4. The van der Waals surface area contributed by atoms with Gasteiger partial charge in [-0.1, -0.05) is 267 Å². The van der Waals surface area contributed by atoms with Gasteiger partial charge in [0.05, 0.1) is 27.5 Å². The summed E-state index contributed by atoms with van der Waals surface area (Å²) < 4.78 is 4.82. The SMILES string of the molecule is C1=C(c2ccc(-c3ccc(-c4ccc(-n5c6ccccc6c6cc(-c7ccc8c(c7)c7ccccc7n8-c7ccc(-c8ccccc8)cc7)ccc65)cc4)cc3)cc2)C=C(c2ccccc2C2(c3ccccc3)c3ccccc3-c3ccccc32)CC1. The standard InChI is InChI=1S/C85H58N2/c1-3-18-57(19-4-1)61-42-48-69(49-43-61)86-81-32-15-10-27-74(81)76-55-65(46-52-83(76)86)66-47-53-84-77(56-66)75-28-11-16-33-82(75)87(84)70-50-44-62(45-51-70)60-36-34-58(35-37-60)59-38-40-63(41-39-59)64-20-17-21-67(54-64)71-24-7-12-29-78(71)85(68-22-5-2-6-23-68)79-30-13-8-25-72(79)73-26-9-14-31-80(73)85/h1-16,18-20,22-56H,17,21H2. The highest BCUT2D eigenvalue weighted by molar-refractivity contribution is 6.13. The zero-order valence-electron chi connectivity index (χ0n) is 48.0. The molecule has 0 saturated heterocycles. The Labute approximate surface area is 507 Å². The van der Waals surface area contributed by atoms with Crippen molar-refractivity contribution >= 4 is 54.8 Å². The molecule has 15 aromatic rings. The molecule has 13 aromatic carbocycles. The Morgan fingerprint density at radius 3 is 1.11 bits per heavy atom. The highest BCUT2D eigenvalue weighted by atomic mass is 15.0. The molecule has 0 N–H and O–H groups in total. The van der Waals surface area contributed by atoms with E-state index in [1.165, 1.54) is 144 Å². The minimum Gasteiger partial charge on any atom is -0.309 e. The van der Waals surface area contributed by atoms with E-state index in [0.717, 1.165) is 24.2 Å². The number of hydrogen-bond donors (Lipinski definition) is 0. The van der Waals surface area contributed by atoms with Crippen LogP contribution < -0.4 is 0 Å². The van der Waals surface area contributed by atoms with E-state index in [9.17, 15) is 0 Å². The van der Waals surface area contributed by atoms with Crippen LogP contribution >= 0.6 is 0 Å². The van der Waals surface area contributed by atoms with Gasteiger partial charge in [-0.2, -0.15) is 0 Å². The van der Waals surface area contributed by atoms with Crippen LogP contribution in [0.3, 0.4) is 0 Å². The number of rotatable bonds is 10. The molecule has 2 heteroatoms. The fourth-order valence-corrected chi connectivity index (χ4v) is 14.7. The molecule has 0 atom stereocenters. The molecule has 87 heavy (non-hydrogen) atoms. The molecule has 0 aliphatic heterocycles. The van der Waals surface area contributed by atoms with Crippen LogP contribution in [0.15, 0.2) is 328 Å². The van der Waals surface area contributed by atoms with Crippen molar-refractivity contribution in [1.82, 2.24) is 9.13 Å². The van der Waals surface area contributed by atoms with E-state index in [2.05, 4.69) is 337 Å². The van der Waals surface area contributed by atoms with Gasteiger partial charge in [-0.3, -0.25) is 0 Å². The van der Waals surface area contributed by atoms with Crippen molar-refractivity contribution in [3.63, 3.8) is 0 Å². The second-order valence-electron chi connectivity index (χ2n) is 23.4. The monoisotopic (exact) mass is 1110 g/mol. The number of fused-ring (bicyclic) bond motifs is 9. The summed E-state index contributed by atoms with van der Waals surface area (Å²) in [7, 11) is 0. The lowest BCUT2D eigenvalue weighted by atomic mass is 9.65. The number of aromatic nitrogens is 2. The third kappa shape index (κ3) is 8.24. The summed E-state index contributed by atoms with van der Waals surface area (Å²) in [5.41, 5.74) is 29.4. The van der Waals surface area contributed by atoms with Gasteiger partial charge in [0.15, 0.2) is 0 Å². The van der Waals surface area contributed by atoms with Crippen molar-refractivity contribution in [3.8, 4) is 67.0 Å². The highest BCUT2D eigenvalue weighted by Crippen LogP contribution is 2.57. The summed E-state index contributed by atoms with van der Waals surface area (Å²) in [6.07, 6.45) is 6.85. The van der Waals surface area contributed by atoms with Gasteiger partial charge in [0.2, 0.25) is 0 Å². The van der Waals surface area contributed by atoms with Gasteiger partial charge >= 0.3 is 0 Å². The second-order valence-corrected chi connectivity index (χ2v) is 23.4. The first-order chi connectivity index (χ1) is 43.1. The van der Waals surface area contributed by atoms with Gasteiger partial charge in [0.25, 0.3) is 0 Å². The zero-order valence-corrected chi connectivity index (χ0v) is 48.0. The minimum absolute atomic E-state index is 0.447. The van der Waals surface area contributed by atoms with Crippen LogP contribution in [0, 0.1) is 0 Å². The maximum absolute atomic E-state index is 2.45. The largest absolute Gasteiger partial charge is 0.309 e. The maximum Gasteiger partial charge on any atom is 0.0719 e. The molecule has 2 aromatic heterocycles. The van der Waals surface area contributed by atoms with Gasteiger partial charge < -0.3 is 9.13 Å². The molecule has 0 fully saturated rings. The van der Waals surface area contributed by atoms with Crippen molar-refractivity contribution in [2.45, 2.75) is 18.3 Å². The van der Waals surface area contributed by atoms with Crippen molar-refractivity contribution in [2.75, 3.05) is 0 Å². The first-order valence-corrected chi connectivity index (χ1v) is 30.4. The van der Waals surface area contributed by atoms with Gasteiger partial charge in [-0.25, -0.2) is 0 Å².